The maximum Gasteiger partial charge on any atom is 0.266 e. The van der Waals surface area contributed by atoms with E-state index in [0.717, 1.165) is 0 Å². The fourth-order valence-corrected chi connectivity index (χ4v) is 1.82. The predicted molar refractivity (Wildman–Crippen MR) is 64.8 cm³/mol. The number of furan rings is 1. The average Bonchev–Trinajstić information content (AvgIpc) is 2.90. The van der Waals surface area contributed by atoms with Gasteiger partial charge in [0.15, 0.2) is 5.76 Å². The number of hydrogen-bond acceptors (Lipinski definition) is 4. The maximum atomic E-state index is 11.5. The van der Waals surface area contributed by atoms with E-state index >= 15 is 0 Å². The summed E-state index contributed by atoms with van der Waals surface area (Å²) < 4.78 is 5.29. The first-order valence-electron chi connectivity index (χ1n) is 5.25. The third kappa shape index (κ3) is 1.48. The lowest BCUT2D eigenvalue weighted by Crippen LogP contribution is -2.09. The Morgan fingerprint density at radius 1 is 1.39 bits per heavy atom. The predicted octanol–water partition coefficient (Wildman–Crippen LogP) is 2.05. The normalized spacial score (nSPS) is 10.4. The fourth-order valence-electron chi connectivity index (χ4n) is 1.82. The highest BCUT2D eigenvalue weighted by atomic mass is 16.3. The van der Waals surface area contributed by atoms with E-state index in [4.69, 9.17) is 9.68 Å². The Balaban J connectivity index is 2.41. The Kier molecular flexibility index (Phi) is 2.21. The Hall–Kier alpha value is -2.87. The zero-order valence-electron chi connectivity index (χ0n) is 9.18. The number of nitrogens with one attached hydrogen (secondary N) is 1. The van der Waals surface area contributed by atoms with Crippen LogP contribution in [0.2, 0.25) is 0 Å². The molecule has 0 spiro atoms. The van der Waals surface area contributed by atoms with Gasteiger partial charge in [-0.15, -0.1) is 0 Å². The van der Waals surface area contributed by atoms with Gasteiger partial charge in [0.2, 0.25) is 0 Å². The number of hydrogen-bond donors (Lipinski definition) is 1. The summed E-state index contributed by atoms with van der Waals surface area (Å²) >= 11 is 0. The molecular formula is C13H7N3O2. The van der Waals surface area contributed by atoms with Crippen molar-refractivity contribution in [1.82, 2.24) is 9.97 Å². The zero-order chi connectivity index (χ0) is 12.5. The van der Waals surface area contributed by atoms with Crippen LogP contribution in [0.1, 0.15) is 5.56 Å². The number of pyridine rings is 2. The van der Waals surface area contributed by atoms with Crippen LogP contribution < -0.4 is 5.56 Å². The summed E-state index contributed by atoms with van der Waals surface area (Å²) in [7, 11) is 0. The second-order valence-electron chi connectivity index (χ2n) is 3.72. The standard InChI is InChI=1S/C13H7N3O2/c14-7-8-6-9-10(16-13(8)17)3-4-15-12(9)11-2-1-5-18-11/h1-6H,(H,16,17). The van der Waals surface area contributed by atoms with Gasteiger partial charge in [0.25, 0.3) is 5.56 Å². The van der Waals surface area contributed by atoms with E-state index in [2.05, 4.69) is 9.97 Å². The summed E-state index contributed by atoms with van der Waals surface area (Å²) in [4.78, 5) is 18.4. The lowest BCUT2D eigenvalue weighted by Gasteiger charge is -2.02. The monoisotopic (exact) mass is 237 g/mol. The molecule has 5 heteroatoms. The summed E-state index contributed by atoms with van der Waals surface area (Å²) in [6.07, 6.45) is 3.13. The molecule has 3 aromatic rings. The molecular weight excluding hydrogens is 230 g/mol. The maximum absolute atomic E-state index is 11.5. The van der Waals surface area contributed by atoms with E-state index in [9.17, 15) is 4.79 Å². The van der Waals surface area contributed by atoms with Crippen molar-refractivity contribution in [3.05, 3.63) is 52.6 Å². The average molecular weight is 237 g/mol. The molecule has 0 atom stereocenters. The molecule has 3 aromatic heterocycles. The van der Waals surface area contributed by atoms with E-state index in [0.29, 0.717) is 22.4 Å². The summed E-state index contributed by atoms with van der Waals surface area (Å²) in [6, 6.07) is 8.60. The lowest BCUT2D eigenvalue weighted by molar-refractivity contribution is 0.581. The number of aromatic nitrogens is 2. The van der Waals surface area contributed by atoms with Gasteiger partial charge in [-0.05, 0) is 24.3 Å². The summed E-state index contributed by atoms with van der Waals surface area (Å²) in [6.45, 7) is 0. The molecule has 0 fully saturated rings. The highest BCUT2D eigenvalue weighted by Crippen LogP contribution is 2.25. The molecule has 86 valence electrons. The topological polar surface area (TPSA) is 82.7 Å². The largest absolute Gasteiger partial charge is 0.463 e. The number of fused-ring (bicyclic) bond motifs is 1. The Morgan fingerprint density at radius 3 is 3.00 bits per heavy atom. The van der Waals surface area contributed by atoms with E-state index in [1.807, 2.05) is 6.07 Å². The minimum absolute atomic E-state index is 0.0586. The molecule has 0 saturated carbocycles. The van der Waals surface area contributed by atoms with Gasteiger partial charge in [-0.3, -0.25) is 9.78 Å². The van der Waals surface area contributed by atoms with Gasteiger partial charge >= 0.3 is 0 Å². The molecule has 0 aliphatic carbocycles. The molecule has 0 saturated heterocycles. The first-order valence-corrected chi connectivity index (χ1v) is 5.25. The number of aromatic amines is 1. The Bertz CT molecular complexity index is 810. The first-order chi connectivity index (χ1) is 8.79. The van der Waals surface area contributed by atoms with Gasteiger partial charge < -0.3 is 9.40 Å². The van der Waals surface area contributed by atoms with Crippen LogP contribution in [0.5, 0.6) is 0 Å². The zero-order valence-corrected chi connectivity index (χ0v) is 9.18. The fraction of sp³-hybridized carbons (Fsp3) is 0. The van der Waals surface area contributed by atoms with Crippen molar-refractivity contribution in [1.29, 1.82) is 5.26 Å². The van der Waals surface area contributed by atoms with Crippen LogP contribution in [0.15, 0.2) is 45.9 Å². The van der Waals surface area contributed by atoms with Crippen LogP contribution in [0.3, 0.4) is 0 Å². The van der Waals surface area contributed by atoms with E-state index in [-0.39, 0.29) is 5.56 Å². The minimum Gasteiger partial charge on any atom is -0.463 e. The highest BCUT2D eigenvalue weighted by Gasteiger charge is 2.10. The second-order valence-corrected chi connectivity index (χ2v) is 3.72. The number of H-pyrrole nitrogens is 1. The number of rotatable bonds is 1. The molecule has 0 amide bonds. The van der Waals surface area contributed by atoms with Crippen LogP contribution in [0.4, 0.5) is 0 Å². The molecule has 0 bridgehead atoms. The van der Waals surface area contributed by atoms with Crippen molar-refractivity contribution in [3.63, 3.8) is 0 Å². The van der Waals surface area contributed by atoms with Crippen LogP contribution in [0, 0.1) is 11.3 Å². The summed E-state index contributed by atoms with van der Waals surface area (Å²) in [5, 5.41) is 9.57. The lowest BCUT2D eigenvalue weighted by atomic mass is 10.1. The van der Waals surface area contributed by atoms with Crippen LogP contribution in [0.25, 0.3) is 22.4 Å². The van der Waals surface area contributed by atoms with Gasteiger partial charge in [-0.25, -0.2) is 0 Å². The quantitative estimate of drug-likeness (QED) is 0.702. The molecule has 0 unspecified atom stereocenters. The van der Waals surface area contributed by atoms with Gasteiger partial charge in [-0.2, -0.15) is 5.26 Å². The molecule has 0 aromatic carbocycles. The third-order valence-corrected chi connectivity index (χ3v) is 2.65. The van der Waals surface area contributed by atoms with Gasteiger partial charge in [-0.1, -0.05) is 0 Å². The molecule has 5 nitrogen and oxygen atoms in total. The Labute approximate surface area is 101 Å². The first kappa shape index (κ1) is 10.3. The smallest absolute Gasteiger partial charge is 0.266 e. The molecule has 0 aliphatic heterocycles. The number of nitriles is 1. The third-order valence-electron chi connectivity index (χ3n) is 2.65. The minimum atomic E-state index is -0.401. The van der Waals surface area contributed by atoms with Crippen molar-refractivity contribution in [2.75, 3.05) is 0 Å². The number of nitrogens with zero attached hydrogens (tertiary/aromatic N) is 2. The molecule has 0 radical (unpaired) electrons. The van der Waals surface area contributed by atoms with Gasteiger partial charge in [0.05, 0.1) is 11.8 Å². The van der Waals surface area contributed by atoms with Crippen LogP contribution in [-0.4, -0.2) is 9.97 Å². The summed E-state index contributed by atoms with van der Waals surface area (Å²) in [5.74, 6) is 0.594. The van der Waals surface area contributed by atoms with Crippen molar-refractivity contribution in [3.8, 4) is 17.5 Å². The molecule has 0 aliphatic rings. The molecule has 1 N–H and O–H groups in total. The highest BCUT2D eigenvalue weighted by molar-refractivity contribution is 5.91. The van der Waals surface area contributed by atoms with Crippen LogP contribution >= 0.6 is 0 Å². The Morgan fingerprint density at radius 2 is 2.28 bits per heavy atom. The van der Waals surface area contributed by atoms with Crippen molar-refractivity contribution in [2.45, 2.75) is 0 Å². The SMILES string of the molecule is N#Cc1cc2c(-c3ccco3)nccc2[nH]c1=O. The molecule has 3 rings (SSSR count). The van der Waals surface area contributed by atoms with Crippen molar-refractivity contribution < 1.29 is 4.42 Å². The van der Waals surface area contributed by atoms with Crippen LogP contribution in [-0.2, 0) is 0 Å². The van der Waals surface area contributed by atoms with Gasteiger partial charge in [0, 0.05) is 11.6 Å². The van der Waals surface area contributed by atoms with Gasteiger partial charge in [0.1, 0.15) is 17.3 Å². The molecule has 18 heavy (non-hydrogen) atoms. The van der Waals surface area contributed by atoms with E-state index < -0.39 is 5.56 Å². The summed E-state index contributed by atoms with van der Waals surface area (Å²) in [5.41, 5.74) is 0.885. The second kappa shape index (κ2) is 3.86. The molecule has 3 heterocycles. The van der Waals surface area contributed by atoms with E-state index in [1.165, 1.54) is 6.07 Å². The van der Waals surface area contributed by atoms with Crippen molar-refractivity contribution >= 4 is 10.9 Å². The van der Waals surface area contributed by atoms with E-state index in [1.54, 1.807) is 30.7 Å². The van der Waals surface area contributed by atoms with Crippen molar-refractivity contribution in [2.24, 2.45) is 0 Å².